The zero-order valence-corrected chi connectivity index (χ0v) is 8.53. The summed E-state index contributed by atoms with van der Waals surface area (Å²) >= 11 is 0. The smallest absolute Gasteiger partial charge is 0.120 e. The number of para-hydroxylation sites is 1. The molecule has 2 heteroatoms. The summed E-state index contributed by atoms with van der Waals surface area (Å²) in [6.45, 7) is 6.51. The van der Waals surface area contributed by atoms with Gasteiger partial charge in [-0.05, 0) is 12.5 Å². The van der Waals surface area contributed by atoms with E-state index in [1.165, 1.54) is 0 Å². The minimum atomic E-state index is 0.203. The molecular formula is C12H17NO. The number of rotatable bonds is 5. The number of phenols is 1. The van der Waals surface area contributed by atoms with Gasteiger partial charge in [0.1, 0.15) is 5.75 Å². The van der Waals surface area contributed by atoms with E-state index in [1.807, 2.05) is 24.3 Å². The third-order valence-electron chi connectivity index (χ3n) is 2.23. The van der Waals surface area contributed by atoms with Crippen molar-refractivity contribution in [3.63, 3.8) is 0 Å². The van der Waals surface area contributed by atoms with Gasteiger partial charge in [-0.2, -0.15) is 0 Å². The average molecular weight is 191 g/mol. The van der Waals surface area contributed by atoms with Crippen LogP contribution >= 0.6 is 0 Å². The molecule has 1 unspecified atom stereocenters. The molecule has 0 aliphatic heterocycles. The van der Waals surface area contributed by atoms with Crippen LogP contribution in [0.2, 0.25) is 0 Å². The van der Waals surface area contributed by atoms with Gasteiger partial charge >= 0.3 is 0 Å². The van der Waals surface area contributed by atoms with E-state index < -0.39 is 0 Å². The Hall–Kier alpha value is -1.28. The van der Waals surface area contributed by atoms with Crippen molar-refractivity contribution in [3.8, 4) is 5.75 Å². The molecule has 2 N–H and O–H groups in total. The molecule has 0 saturated heterocycles. The molecule has 0 spiro atoms. The standard InChI is InChI=1S/C12H17NO/c1-3-9-13-11(4-2)10-7-5-6-8-12(10)14/h3,5-8,11,13-14H,1,4,9H2,2H3. The summed E-state index contributed by atoms with van der Waals surface area (Å²) in [5.41, 5.74) is 0.955. The van der Waals surface area contributed by atoms with Gasteiger partial charge < -0.3 is 10.4 Å². The van der Waals surface area contributed by atoms with Gasteiger partial charge in [0, 0.05) is 18.2 Å². The first-order valence-corrected chi connectivity index (χ1v) is 4.91. The van der Waals surface area contributed by atoms with E-state index in [4.69, 9.17) is 0 Å². The van der Waals surface area contributed by atoms with Crippen molar-refractivity contribution in [2.75, 3.05) is 6.54 Å². The van der Waals surface area contributed by atoms with Gasteiger partial charge in [-0.3, -0.25) is 0 Å². The van der Waals surface area contributed by atoms with Gasteiger partial charge in [-0.15, -0.1) is 6.58 Å². The number of hydrogen-bond donors (Lipinski definition) is 2. The van der Waals surface area contributed by atoms with Crippen LogP contribution in [0.25, 0.3) is 0 Å². The Balaban J connectivity index is 2.78. The maximum Gasteiger partial charge on any atom is 0.120 e. The molecule has 0 saturated carbocycles. The molecule has 76 valence electrons. The summed E-state index contributed by atoms with van der Waals surface area (Å²) < 4.78 is 0. The number of nitrogens with one attached hydrogen (secondary N) is 1. The normalized spacial score (nSPS) is 12.4. The second-order valence-corrected chi connectivity index (χ2v) is 3.22. The van der Waals surface area contributed by atoms with E-state index in [2.05, 4.69) is 18.8 Å². The van der Waals surface area contributed by atoms with Crippen LogP contribution in [0, 0.1) is 0 Å². The Labute approximate surface area is 85.3 Å². The fourth-order valence-electron chi connectivity index (χ4n) is 1.48. The van der Waals surface area contributed by atoms with Crippen molar-refractivity contribution in [1.29, 1.82) is 0 Å². The number of phenolic OH excluding ortho intramolecular Hbond substituents is 1. The van der Waals surface area contributed by atoms with E-state index in [0.717, 1.165) is 18.5 Å². The lowest BCUT2D eigenvalue weighted by atomic mass is 10.0. The topological polar surface area (TPSA) is 32.3 Å². The van der Waals surface area contributed by atoms with E-state index in [9.17, 15) is 5.11 Å². The fraction of sp³-hybridized carbons (Fsp3) is 0.333. The maximum absolute atomic E-state index is 9.65. The molecule has 14 heavy (non-hydrogen) atoms. The summed E-state index contributed by atoms with van der Waals surface area (Å²) in [5.74, 6) is 0.357. The summed E-state index contributed by atoms with van der Waals surface area (Å²) in [4.78, 5) is 0. The van der Waals surface area contributed by atoms with Crippen LogP contribution in [0.4, 0.5) is 0 Å². The molecule has 0 amide bonds. The highest BCUT2D eigenvalue weighted by Gasteiger charge is 2.10. The van der Waals surface area contributed by atoms with E-state index >= 15 is 0 Å². The third-order valence-corrected chi connectivity index (χ3v) is 2.23. The predicted octanol–water partition coefficient (Wildman–Crippen LogP) is 2.62. The van der Waals surface area contributed by atoms with Gasteiger partial charge in [0.05, 0.1) is 0 Å². The minimum Gasteiger partial charge on any atom is -0.508 e. The molecule has 2 nitrogen and oxygen atoms in total. The Morgan fingerprint density at radius 1 is 1.50 bits per heavy atom. The second-order valence-electron chi connectivity index (χ2n) is 3.22. The van der Waals surface area contributed by atoms with Crippen molar-refractivity contribution in [2.45, 2.75) is 19.4 Å². The average Bonchev–Trinajstić information content (AvgIpc) is 2.21. The highest BCUT2D eigenvalue weighted by Crippen LogP contribution is 2.25. The van der Waals surface area contributed by atoms with Crippen LogP contribution in [0.5, 0.6) is 5.75 Å². The fourth-order valence-corrected chi connectivity index (χ4v) is 1.48. The summed E-state index contributed by atoms with van der Waals surface area (Å²) in [6, 6.07) is 7.63. The number of hydrogen-bond acceptors (Lipinski definition) is 2. The monoisotopic (exact) mass is 191 g/mol. The van der Waals surface area contributed by atoms with Gasteiger partial charge in [0.25, 0.3) is 0 Å². The lowest BCUT2D eigenvalue weighted by molar-refractivity contribution is 0.447. The molecule has 0 aromatic heterocycles. The molecule has 1 aromatic carbocycles. The molecule has 0 radical (unpaired) electrons. The van der Waals surface area contributed by atoms with Gasteiger partial charge in [0.2, 0.25) is 0 Å². The molecule has 0 aliphatic rings. The summed E-state index contributed by atoms with van der Waals surface area (Å²) in [6.07, 6.45) is 2.77. The van der Waals surface area contributed by atoms with Crippen molar-refractivity contribution in [2.24, 2.45) is 0 Å². The van der Waals surface area contributed by atoms with Crippen LogP contribution in [0.1, 0.15) is 24.9 Å². The molecule has 0 fully saturated rings. The van der Waals surface area contributed by atoms with Crippen LogP contribution < -0.4 is 5.32 Å². The van der Waals surface area contributed by atoms with Gasteiger partial charge in [0.15, 0.2) is 0 Å². The minimum absolute atomic E-state index is 0.203. The van der Waals surface area contributed by atoms with Crippen molar-refractivity contribution >= 4 is 0 Å². The quantitative estimate of drug-likeness (QED) is 0.701. The highest BCUT2D eigenvalue weighted by atomic mass is 16.3. The molecule has 1 aromatic rings. The molecule has 1 atom stereocenters. The Morgan fingerprint density at radius 2 is 2.21 bits per heavy atom. The Bertz CT molecular complexity index is 296. The maximum atomic E-state index is 9.65. The first-order valence-electron chi connectivity index (χ1n) is 4.91. The Kier molecular flexibility index (Phi) is 4.20. The first kappa shape index (κ1) is 10.8. The SMILES string of the molecule is C=CCNC(CC)c1ccccc1O. The highest BCUT2D eigenvalue weighted by molar-refractivity contribution is 5.34. The van der Waals surface area contributed by atoms with Crippen LogP contribution in [-0.2, 0) is 0 Å². The van der Waals surface area contributed by atoms with Crippen LogP contribution in [-0.4, -0.2) is 11.7 Å². The van der Waals surface area contributed by atoms with E-state index in [0.29, 0.717) is 5.75 Å². The van der Waals surface area contributed by atoms with Crippen molar-refractivity contribution in [1.82, 2.24) is 5.32 Å². The molecule has 0 aliphatic carbocycles. The zero-order valence-electron chi connectivity index (χ0n) is 8.53. The summed E-state index contributed by atoms with van der Waals surface area (Å²) in [5, 5.41) is 12.9. The second kappa shape index (κ2) is 5.45. The zero-order chi connectivity index (χ0) is 10.4. The van der Waals surface area contributed by atoms with E-state index in [1.54, 1.807) is 6.07 Å². The molecular weight excluding hydrogens is 174 g/mol. The lowest BCUT2D eigenvalue weighted by Gasteiger charge is -2.17. The molecule has 0 bridgehead atoms. The Morgan fingerprint density at radius 3 is 2.79 bits per heavy atom. The molecule has 0 heterocycles. The lowest BCUT2D eigenvalue weighted by Crippen LogP contribution is -2.20. The van der Waals surface area contributed by atoms with Gasteiger partial charge in [-0.25, -0.2) is 0 Å². The van der Waals surface area contributed by atoms with E-state index in [-0.39, 0.29) is 6.04 Å². The van der Waals surface area contributed by atoms with Crippen LogP contribution in [0.3, 0.4) is 0 Å². The van der Waals surface area contributed by atoms with Crippen molar-refractivity contribution < 1.29 is 5.11 Å². The summed E-state index contributed by atoms with van der Waals surface area (Å²) in [7, 11) is 0. The van der Waals surface area contributed by atoms with Crippen molar-refractivity contribution in [3.05, 3.63) is 42.5 Å². The third kappa shape index (κ3) is 2.60. The largest absolute Gasteiger partial charge is 0.508 e. The van der Waals surface area contributed by atoms with Crippen LogP contribution in [0.15, 0.2) is 36.9 Å². The number of benzene rings is 1. The number of aromatic hydroxyl groups is 1. The molecule has 1 rings (SSSR count). The first-order chi connectivity index (χ1) is 6.79. The predicted molar refractivity (Wildman–Crippen MR) is 59.3 cm³/mol. The van der Waals surface area contributed by atoms with Gasteiger partial charge in [-0.1, -0.05) is 31.2 Å².